The molecule has 1 atom stereocenters. The fourth-order valence-corrected chi connectivity index (χ4v) is 2.03. The van der Waals surface area contributed by atoms with Gasteiger partial charge in [0, 0.05) is 18.1 Å². The maximum Gasteiger partial charge on any atom is 0.261 e. The highest BCUT2D eigenvalue weighted by atomic mass is 16.2. The monoisotopic (exact) mass is 248 g/mol. The summed E-state index contributed by atoms with van der Waals surface area (Å²) in [6.45, 7) is 1.73. The Morgan fingerprint density at radius 1 is 1.33 bits per heavy atom. The average Bonchev–Trinajstić information content (AvgIpc) is 2.56. The van der Waals surface area contributed by atoms with E-state index < -0.39 is 23.8 Å². The maximum atomic E-state index is 12.0. The molecule has 6 heteroatoms. The zero-order chi connectivity index (χ0) is 13.3. The Morgan fingerprint density at radius 3 is 2.67 bits per heavy atom. The number of piperidine rings is 1. The van der Waals surface area contributed by atoms with Crippen molar-refractivity contribution in [1.29, 1.82) is 0 Å². The number of amides is 4. The van der Waals surface area contributed by atoms with Crippen molar-refractivity contribution >= 4 is 23.6 Å². The first-order valence-electron chi connectivity index (χ1n) is 5.60. The number of nitrogens with one attached hydrogen (secondary N) is 1. The van der Waals surface area contributed by atoms with E-state index in [2.05, 4.69) is 5.32 Å². The van der Waals surface area contributed by atoms with Crippen molar-refractivity contribution in [1.82, 2.24) is 10.2 Å². The molecule has 0 spiro atoms. The maximum absolute atomic E-state index is 12.0. The topological polar surface area (TPSA) is 83.6 Å². The van der Waals surface area contributed by atoms with Crippen LogP contribution in [-0.2, 0) is 19.2 Å². The van der Waals surface area contributed by atoms with Crippen LogP contribution < -0.4 is 5.32 Å². The molecule has 4 amide bonds. The molecule has 2 aliphatic heterocycles. The standard InChI is InChI=1S/C12H12N2O4/c1-2-3-7-6-10(16)14(12(7)18)8-4-5-9(15)13-11(8)17/h2-3,6,8H,4-5H2,1H3,(H,13,15,17)/b3-2-. The van der Waals surface area contributed by atoms with Gasteiger partial charge in [0.1, 0.15) is 6.04 Å². The predicted molar refractivity (Wildman–Crippen MR) is 60.9 cm³/mol. The van der Waals surface area contributed by atoms with E-state index in [1.807, 2.05) is 0 Å². The van der Waals surface area contributed by atoms with E-state index >= 15 is 0 Å². The van der Waals surface area contributed by atoms with Crippen molar-refractivity contribution in [2.45, 2.75) is 25.8 Å². The molecule has 94 valence electrons. The number of carbonyl (C=O) groups is 4. The van der Waals surface area contributed by atoms with Crippen LogP contribution in [-0.4, -0.2) is 34.6 Å². The van der Waals surface area contributed by atoms with Crippen LogP contribution >= 0.6 is 0 Å². The van der Waals surface area contributed by atoms with Crippen LogP contribution in [0.3, 0.4) is 0 Å². The molecule has 1 unspecified atom stereocenters. The Morgan fingerprint density at radius 2 is 2.06 bits per heavy atom. The first kappa shape index (κ1) is 12.2. The third-order valence-corrected chi connectivity index (χ3v) is 2.85. The van der Waals surface area contributed by atoms with E-state index in [4.69, 9.17) is 0 Å². The minimum atomic E-state index is -0.887. The Hall–Kier alpha value is -2.24. The predicted octanol–water partition coefficient (Wildman–Crippen LogP) is -0.337. The minimum Gasteiger partial charge on any atom is -0.295 e. The molecule has 0 aromatic heterocycles. The van der Waals surface area contributed by atoms with E-state index in [0.717, 1.165) is 4.90 Å². The van der Waals surface area contributed by atoms with E-state index in [0.29, 0.717) is 0 Å². The number of hydrogen-bond acceptors (Lipinski definition) is 4. The molecular formula is C12H12N2O4. The van der Waals surface area contributed by atoms with Crippen LogP contribution in [0, 0.1) is 0 Å². The molecule has 2 rings (SSSR count). The van der Waals surface area contributed by atoms with E-state index in [-0.39, 0.29) is 24.3 Å². The van der Waals surface area contributed by atoms with Crippen LogP contribution in [0.5, 0.6) is 0 Å². The van der Waals surface area contributed by atoms with E-state index in [9.17, 15) is 19.2 Å². The molecule has 1 N–H and O–H groups in total. The summed E-state index contributed by atoms with van der Waals surface area (Å²) in [7, 11) is 0. The molecule has 1 saturated heterocycles. The molecule has 0 bridgehead atoms. The summed E-state index contributed by atoms with van der Waals surface area (Å²) >= 11 is 0. The molecule has 6 nitrogen and oxygen atoms in total. The molecule has 1 fully saturated rings. The Kier molecular flexibility index (Phi) is 3.10. The minimum absolute atomic E-state index is 0.131. The van der Waals surface area contributed by atoms with Gasteiger partial charge in [-0.05, 0) is 13.3 Å². The fourth-order valence-electron chi connectivity index (χ4n) is 2.03. The summed E-state index contributed by atoms with van der Waals surface area (Å²) in [6.07, 6.45) is 4.68. The van der Waals surface area contributed by atoms with Crippen molar-refractivity contribution in [3.63, 3.8) is 0 Å². The lowest BCUT2D eigenvalue weighted by atomic mass is 10.0. The molecule has 2 aliphatic rings. The number of allylic oxidation sites excluding steroid dienone is 1. The van der Waals surface area contributed by atoms with Crippen LogP contribution in [0.2, 0.25) is 0 Å². The quantitative estimate of drug-likeness (QED) is 0.678. The van der Waals surface area contributed by atoms with Crippen molar-refractivity contribution < 1.29 is 19.2 Å². The van der Waals surface area contributed by atoms with Gasteiger partial charge in [-0.25, -0.2) is 0 Å². The van der Waals surface area contributed by atoms with Crippen LogP contribution in [0.1, 0.15) is 19.8 Å². The lowest BCUT2D eigenvalue weighted by Crippen LogP contribution is -2.54. The van der Waals surface area contributed by atoms with Gasteiger partial charge in [0.25, 0.3) is 11.8 Å². The van der Waals surface area contributed by atoms with Crippen LogP contribution in [0.4, 0.5) is 0 Å². The first-order chi connectivity index (χ1) is 8.54. The second-order valence-corrected chi connectivity index (χ2v) is 4.08. The highest BCUT2D eigenvalue weighted by Crippen LogP contribution is 2.21. The third-order valence-electron chi connectivity index (χ3n) is 2.85. The SMILES string of the molecule is C/C=C\C1=CC(=O)N(C2CCC(=O)NC2=O)C1=O. The van der Waals surface area contributed by atoms with Gasteiger partial charge in [-0.15, -0.1) is 0 Å². The summed E-state index contributed by atoms with van der Waals surface area (Å²) in [5.74, 6) is -1.98. The van der Waals surface area contributed by atoms with E-state index in [1.54, 1.807) is 13.0 Å². The summed E-state index contributed by atoms with van der Waals surface area (Å²) < 4.78 is 0. The van der Waals surface area contributed by atoms with Crippen LogP contribution in [0.15, 0.2) is 23.8 Å². The second-order valence-electron chi connectivity index (χ2n) is 4.08. The Balaban J connectivity index is 2.21. The summed E-state index contributed by atoms with van der Waals surface area (Å²) in [4.78, 5) is 47.2. The Labute approximate surface area is 103 Å². The van der Waals surface area contributed by atoms with Gasteiger partial charge in [0.2, 0.25) is 11.8 Å². The van der Waals surface area contributed by atoms with E-state index in [1.165, 1.54) is 12.2 Å². The summed E-state index contributed by atoms with van der Waals surface area (Å²) in [6, 6.07) is -0.887. The summed E-state index contributed by atoms with van der Waals surface area (Å²) in [5.41, 5.74) is 0.257. The largest absolute Gasteiger partial charge is 0.295 e. The molecule has 2 heterocycles. The number of hydrogen-bond donors (Lipinski definition) is 1. The molecule has 0 aromatic carbocycles. The zero-order valence-electron chi connectivity index (χ0n) is 9.80. The van der Waals surface area contributed by atoms with Crippen molar-refractivity contribution in [3.8, 4) is 0 Å². The molecule has 18 heavy (non-hydrogen) atoms. The summed E-state index contributed by atoms with van der Waals surface area (Å²) in [5, 5.41) is 2.13. The highest BCUT2D eigenvalue weighted by molar-refractivity contribution is 6.20. The molecule has 0 radical (unpaired) electrons. The van der Waals surface area contributed by atoms with Crippen molar-refractivity contribution in [2.24, 2.45) is 0 Å². The van der Waals surface area contributed by atoms with Gasteiger partial charge >= 0.3 is 0 Å². The van der Waals surface area contributed by atoms with Gasteiger partial charge < -0.3 is 0 Å². The second kappa shape index (κ2) is 4.56. The van der Waals surface area contributed by atoms with Crippen LogP contribution in [0.25, 0.3) is 0 Å². The van der Waals surface area contributed by atoms with Crippen molar-refractivity contribution in [2.75, 3.05) is 0 Å². The van der Waals surface area contributed by atoms with Gasteiger partial charge in [0.15, 0.2) is 0 Å². The first-order valence-corrected chi connectivity index (χ1v) is 5.60. The zero-order valence-corrected chi connectivity index (χ0v) is 9.80. The Bertz CT molecular complexity index is 504. The molecular weight excluding hydrogens is 236 g/mol. The lowest BCUT2D eigenvalue weighted by molar-refractivity contribution is -0.149. The number of imide groups is 2. The van der Waals surface area contributed by atoms with Gasteiger partial charge in [-0.3, -0.25) is 29.4 Å². The van der Waals surface area contributed by atoms with Gasteiger partial charge in [-0.1, -0.05) is 12.2 Å². The number of carbonyl (C=O) groups excluding carboxylic acids is 4. The van der Waals surface area contributed by atoms with Gasteiger partial charge in [-0.2, -0.15) is 0 Å². The third kappa shape index (κ3) is 1.97. The molecule has 0 aromatic rings. The number of rotatable bonds is 2. The smallest absolute Gasteiger partial charge is 0.261 e. The average molecular weight is 248 g/mol. The van der Waals surface area contributed by atoms with Crippen molar-refractivity contribution in [3.05, 3.63) is 23.8 Å². The molecule has 0 aliphatic carbocycles. The number of nitrogens with zero attached hydrogens (tertiary/aromatic N) is 1. The lowest BCUT2D eigenvalue weighted by Gasteiger charge is -2.28. The van der Waals surface area contributed by atoms with Gasteiger partial charge in [0.05, 0.1) is 0 Å². The molecule has 0 saturated carbocycles. The normalized spacial score (nSPS) is 24.8. The highest BCUT2D eigenvalue weighted by Gasteiger charge is 2.41. The fraction of sp³-hybridized carbons (Fsp3) is 0.333.